The maximum absolute atomic E-state index is 11.1. The molecule has 3 N–H and O–H groups in total. The molecule has 1 saturated heterocycles. The molecule has 0 atom stereocenters. The van der Waals surface area contributed by atoms with E-state index in [1.165, 1.54) is 5.56 Å². The lowest BCUT2D eigenvalue weighted by atomic mass is 9.90. The van der Waals surface area contributed by atoms with Crippen molar-refractivity contribution >= 4 is 10.0 Å². The summed E-state index contributed by atoms with van der Waals surface area (Å²) in [4.78, 5) is 0.185. The molecule has 1 aromatic carbocycles. The molecule has 0 aromatic heterocycles. The Morgan fingerprint density at radius 1 is 1.12 bits per heavy atom. The number of rotatable bonds is 2. The highest BCUT2D eigenvalue weighted by Crippen LogP contribution is 2.25. The second-order valence-electron chi connectivity index (χ2n) is 4.14. The molecule has 0 aliphatic carbocycles. The van der Waals surface area contributed by atoms with Crippen molar-refractivity contribution in [2.24, 2.45) is 5.14 Å². The number of sulfonamides is 1. The fourth-order valence-electron chi connectivity index (χ4n) is 2.08. The van der Waals surface area contributed by atoms with Gasteiger partial charge in [-0.3, -0.25) is 0 Å². The summed E-state index contributed by atoms with van der Waals surface area (Å²) in [5.74, 6) is 0.538. The molecular weight excluding hydrogens is 224 g/mol. The van der Waals surface area contributed by atoms with Gasteiger partial charge < -0.3 is 5.32 Å². The first-order chi connectivity index (χ1) is 7.57. The number of hydrogen-bond acceptors (Lipinski definition) is 3. The lowest BCUT2D eigenvalue weighted by Gasteiger charge is -2.22. The molecule has 88 valence electrons. The Morgan fingerprint density at radius 2 is 1.69 bits per heavy atom. The monoisotopic (exact) mass is 240 g/mol. The lowest BCUT2D eigenvalue weighted by molar-refractivity contribution is 0.460. The summed E-state index contributed by atoms with van der Waals surface area (Å²) in [5.41, 5.74) is 1.20. The Labute approximate surface area is 95.9 Å². The third-order valence-electron chi connectivity index (χ3n) is 3.02. The van der Waals surface area contributed by atoms with E-state index in [0.29, 0.717) is 5.92 Å². The minimum Gasteiger partial charge on any atom is -0.317 e. The number of benzene rings is 1. The van der Waals surface area contributed by atoms with Crippen LogP contribution < -0.4 is 10.5 Å². The molecule has 0 bridgehead atoms. The highest BCUT2D eigenvalue weighted by atomic mass is 32.2. The number of piperidine rings is 1. The summed E-state index contributed by atoms with van der Waals surface area (Å²) < 4.78 is 22.2. The van der Waals surface area contributed by atoms with Crippen molar-refractivity contribution in [2.75, 3.05) is 13.1 Å². The highest BCUT2D eigenvalue weighted by Gasteiger charge is 2.15. The van der Waals surface area contributed by atoms with E-state index in [1.807, 2.05) is 12.1 Å². The fraction of sp³-hybridized carbons (Fsp3) is 0.455. The predicted molar refractivity (Wildman–Crippen MR) is 62.7 cm³/mol. The van der Waals surface area contributed by atoms with E-state index >= 15 is 0 Å². The predicted octanol–water partition coefficient (Wildman–Crippen LogP) is 0.801. The van der Waals surface area contributed by atoms with Crippen LogP contribution in [0.3, 0.4) is 0 Å². The van der Waals surface area contributed by atoms with Gasteiger partial charge in [-0.15, -0.1) is 0 Å². The number of hydrogen-bond donors (Lipinski definition) is 2. The van der Waals surface area contributed by atoms with Gasteiger partial charge in [-0.1, -0.05) is 12.1 Å². The second-order valence-corrected chi connectivity index (χ2v) is 5.70. The Morgan fingerprint density at radius 3 is 2.19 bits per heavy atom. The average molecular weight is 240 g/mol. The first kappa shape index (κ1) is 11.6. The quantitative estimate of drug-likeness (QED) is 0.803. The largest absolute Gasteiger partial charge is 0.317 e. The zero-order valence-electron chi connectivity index (χ0n) is 9.02. The van der Waals surface area contributed by atoms with Crippen LogP contribution in [0, 0.1) is 0 Å². The van der Waals surface area contributed by atoms with Crippen LogP contribution in [0.15, 0.2) is 29.2 Å². The van der Waals surface area contributed by atoms with Gasteiger partial charge in [-0.2, -0.15) is 0 Å². The lowest BCUT2D eigenvalue weighted by Crippen LogP contribution is -2.26. The van der Waals surface area contributed by atoms with Crippen molar-refractivity contribution in [3.63, 3.8) is 0 Å². The van der Waals surface area contributed by atoms with E-state index in [9.17, 15) is 8.42 Å². The van der Waals surface area contributed by atoms with Crippen molar-refractivity contribution in [3.05, 3.63) is 29.8 Å². The van der Waals surface area contributed by atoms with Gasteiger partial charge in [0, 0.05) is 0 Å². The minimum atomic E-state index is -3.56. The van der Waals surface area contributed by atoms with Gasteiger partial charge in [0.25, 0.3) is 0 Å². The molecule has 1 fully saturated rings. The smallest absolute Gasteiger partial charge is 0.238 e. The van der Waals surface area contributed by atoms with Crippen molar-refractivity contribution in [2.45, 2.75) is 23.7 Å². The summed E-state index contributed by atoms with van der Waals surface area (Å²) in [5, 5.41) is 8.35. The number of primary sulfonamides is 1. The molecule has 4 nitrogen and oxygen atoms in total. The van der Waals surface area contributed by atoms with Crippen LogP contribution in [0.25, 0.3) is 0 Å². The molecule has 5 heteroatoms. The van der Waals surface area contributed by atoms with Gasteiger partial charge >= 0.3 is 0 Å². The summed E-state index contributed by atoms with van der Waals surface area (Å²) in [7, 11) is -3.56. The molecule has 0 amide bonds. The molecule has 0 radical (unpaired) electrons. The SMILES string of the molecule is NS(=O)(=O)c1ccc(C2CCNCC2)cc1. The van der Waals surface area contributed by atoms with Gasteiger partial charge in [0.15, 0.2) is 0 Å². The van der Waals surface area contributed by atoms with E-state index in [1.54, 1.807) is 12.1 Å². The van der Waals surface area contributed by atoms with E-state index in [0.717, 1.165) is 25.9 Å². The van der Waals surface area contributed by atoms with E-state index in [2.05, 4.69) is 5.32 Å². The third-order valence-corrected chi connectivity index (χ3v) is 3.95. The van der Waals surface area contributed by atoms with Crippen molar-refractivity contribution in [1.29, 1.82) is 0 Å². The zero-order chi connectivity index (χ0) is 11.6. The third kappa shape index (κ3) is 2.61. The topological polar surface area (TPSA) is 72.2 Å². The Balaban J connectivity index is 2.18. The van der Waals surface area contributed by atoms with Crippen molar-refractivity contribution in [3.8, 4) is 0 Å². The summed E-state index contributed by atoms with van der Waals surface area (Å²) in [6.07, 6.45) is 2.21. The second kappa shape index (κ2) is 4.53. The van der Waals surface area contributed by atoms with Crippen LogP contribution in [0.2, 0.25) is 0 Å². The molecule has 1 aliphatic heterocycles. The normalized spacial score (nSPS) is 18.6. The highest BCUT2D eigenvalue weighted by molar-refractivity contribution is 7.89. The molecular formula is C11H16N2O2S. The molecule has 16 heavy (non-hydrogen) atoms. The molecule has 2 rings (SSSR count). The molecule has 1 heterocycles. The van der Waals surface area contributed by atoms with Gasteiger partial charge in [0.05, 0.1) is 4.90 Å². The summed E-state index contributed by atoms with van der Waals surface area (Å²) in [6, 6.07) is 6.92. The van der Waals surface area contributed by atoms with E-state index < -0.39 is 10.0 Å². The van der Waals surface area contributed by atoms with Crippen molar-refractivity contribution < 1.29 is 8.42 Å². The maximum atomic E-state index is 11.1. The van der Waals surface area contributed by atoms with E-state index in [4.69, 9.17) is 5.14 Å². The molecule has 0 saturated carbocycles. The Bertz CT molecular complexity index is 447. The van der Waals surface area contributed by atoms with E-state index in [-0.39, 0.29) is 4.90 Å². The van der Waals surface area contributed by atoms with Crippen LogP contribution in [-0.2, 0) is 10.0 Å². The number of nitrogens with one attached hydrogen (secondary N) is 1. The average Bonchev–Trinajstić information content (AvgIpc) is 2.29. The molecule has 1 aliphatic rings. The molecule has 1 aromatic rings. The fourth-order valence-corrected chi connectivity index (χ4v) is 2.60. The van der Waals surface area contributed by atoms with Crippen LogP contribution in [0.4, 0.5) is 0 Å². The minimum absolute atomic E-state index is 0.185. The summed E-state index contributed by atoms with van der Waals surface area (Å²) in [6.45, 7) is 2.06. The van der Waals surface area contributed by atoms with Crippen LogP contribution >= 0.6 is 0 Å². The maximum Gasteiger partial charge on any atom is 0.238 e. The summed E-state index contributed by atoms with van der Waals surface area (Å²) >= 11 is 0. The van der Waals surface area contributed by atoms with Gasteiger partial charge in [0.1, 0.15) is 0 Å². The standard InChI is InChI=1S/C11H16N2O2S/c12-16(14,15)11-3-1-9(2-4-11)10-5-7-13-8-6-10/h1-4,10,13H,5-8H2,(H2,12,14,15). The van der Waals surface area contributed by atoms with Crippen LogP contribution in [0.5, 0.6) is 0 Å². The Kier molecular flexibility index (Phi) is 3.28. The van der Waals surface area contributed by atoms with Gasteiger partial charge in [0.2, 0.25) is 10.0 Å². The Hall–Kier alpha value is -0.910. The van der Waals surface area contributed by atoms with Crippen molar-refractivity contribution in [1.82, 2.24) is 5.32 Å². The van der Waals surface area contributed by atoms with Crippen LogP contribution in [0.1, 0.15) is 24.3 Å². The van der Waals surface area contributed by atoms with Gasteiger partial charge in [-0.05, 0) is 49.5 Å². The molecule has 0 spiro atoms. The first-order valence-electron chi connectivity index (χ1n) is 5.41. The van der Waals surface area contributed by atoms with Crippen LogP contribution in [-0.4, -0.2) is 21.5 Å². The zero-order valence-corrected chi connectivity index (χ0v) is 9.83. The first-order valence-corrected chi connectivity index (χ1v) is 6.95. The number of nitrogens with two attached hydrogens (primary N) is 1. The van der Waals surface area contributed by atoms with Gasteiger partial charge in [-0.25, -0.2) is 13.6 Å². The molecule has 0 unspecified atom stereocenters.